The van der Waals surface area contributed by atoms with Gasteiger partial charge in [0.1, 0.15) is 12.1 Å². The highest BCUT2D eigenvalue weighted by Gasteiger charge is 2.24. The summed E-state index contributed by atoms with van der Waals surface area (Å²) >= 11 is 0. The molecule has 0 N–H and O–H groups in total. The molecule has 0 radical (unpaired) electrons. The molecule has 0 bridgehead atoms. The van der Waals surface area contributed by atoms with Crippen molar-refractivity contribution in [1.29, 1.82) is 0 Å². The summed E-state index contributed by atoms with van der Waals surface area (Å²) in [5.41, 5.74) is 4.08. The molecule has 0 amide bonds. The molecule has 0 saturated carbocycles. The maximum atomic E-state index is 4.58. The second kappa shape index (κ2) is 6.05. The number of rotatable bonds is 3. The molecule has 0 atom stereocenters. The van der Waals surface area contributed by atoms with E-state index in [4.69, 9.17) is 0 Å². The third-order valence-electron chi connectivity index (χ3n) is 4.77. The van der Waals surface area contributed by atoms with Gasteiger partial charge in [0.25, 0.3) is 0 Å². The Labute approximate surface area is 131 Å². The van der Waals surface area contributed by atoms with Gasteiger partial charge in [0.2, 0.25) is 0 Å². The maximum absolute atomic E-state index is 4.58. The number of aromatic nitrogens is 2. The van der Waals surface area contributed by atoms with Crippen LogP contribution in [0.1, 0.15) is 23.2 Å². The van der Waals surface area contributed by atoms with E-state index >= 15 is 0 Å². The molecule has 4 heteroatoms. The minimum atomic E-state index is 1.05. The Hall–Kier alpha value is -1.94. The summed E-state index contributed by atoms with van der Waals surface area (Å²) in [6.07, 6.45) is 5.25. The first-order chi connectivity index (χ1) is 10.9. The topological polar surface area (TPSA) is 32.3 Å². The number of fused-ring (bicyclic) bond motifs is 1. The van der Waals surface area contributed by atoms with Crippen LogP contribution in [0.25, 0.3) is 0 Å². The molecule has 1 aliphatic carbocycles. The first-order valence-corrected chi connectivity index (χ1v) is 8.24. The zero-order chi connectivity index (χ0) is 14.8. The van der Waals surface area contributed by atoms with Crippen molar-refractivity contribution in [3.8, 4) is 0 Å². The fourth-order valence-corrected chi connectivity index (χ4v) is 3.57. The minimum Gasteiger partial charge on any atom is -0.354 e. The third-order valence-corrected chi connectivity index (χ3v) is 4.77. The van der Waals surface area contributed by atoms with Gasteiger partial charge in [-0.2, -0.15) is 0 Å². The first-order valence-electron chi connectivity index (χ1n) is 8.24. The molecular weight excluding hydrogens is 272 g/mol. The number of benzene rings is 1. The van der Waals surface area contributed by atoms with Gasteiger partial charge in [-0.25, -0.2) is 9.97 Å². The smallest absolute Gasteiger partial charge is 0.135 e. The van der Waals surface area contributed by atoms with Crippen molar-refractivity contribution >= 4 is 5.82 Å². The molecule has 22 heavy (non-hydrogen) atoms. The summed E-state index contributed by atoms with van der Waals surface area (Å²) in [5.74, 6) is 1.20. The average Bonchev–Trinajstić information content (AvgIpc) is 3.05. The van der Waals surface area contributed by atoms with Crippen molar-refractivity contribution in [1.82, 2.24) is 14.9 Å². The van der Waals surface area contributed by atoms with Gasteiger partial charge in [0.05, 0.1) is 0 Å². The van der Waals surface area contributed by atoms with Crippen molar-refractivity contribution in [3.05, 3.63) is 53.5 Å². The van der Waals surface area contributed by atoms with Crippen LogP contribution in [0.5, 0.6) is 0 Å². The van der Waals surface area contributed by atoms with E-state index in [9.17, 15) is 0 Å². The maximum Gasteiger partial charge on any atom is 0.135 e. The van der Waals surface area contributed by atoms with E-state index in [2.05, 4.69) is 50.1 Å². The van der Waals surface area contributed by atoms with Crippen molar-refractivity contribution < 1.29 is 0 Å². The molecular formula is C18H22N4. The van der Waals surface area contributed by atoms with E-state index in [0.717, 1.165) is 45.6 Å². The molecule has 1 aromatic heterocycles. The van der Waals surface area contributed by atoms with Crippen molar-refractivity contribution in [2.24, 2.45) is 0 Å². The highest BCUT2D eigenvalue weighted by molar-refractivity contribution is 5.50. The molecule has 1 aromatic carbocycles. The summed E-state index contributed by atoms with van der Waals surface area (Å²) in [5, 5.41) is 0. The fraction of sp³-hybridized carbons (Fsp3) is 0.444. The second-order valence-electron chi connectivity index (χ2n) is 6.22. The van der Waals surface area contributed by atoms with Crippen LogP contribution < -0.4 is 4.90 Å². The predicted molar refractivity (Wildman–Crippen MR) is 88.0 cm³/mol. The van der Waals surface area contributed by atoms with Crippen molar-refractivity contribution in [2.45, 2.75) is 25.8 Å². The third kappa shape index (κ3) is 2.71. The zero-order valence-corrected chi connectivity index (χ0v) is 12.9. The average molecular weight is 294 g/mol. The largest absolute Gasteiger partial charge is 0.354 e. The molecule has 0 unspecified atom stereocenters. The van der Waals surface area contributed by atoms with Crippen LogP contribution in [-0.4, -0.2) is 41.0 Å². The first kappa shape index (κ1) is 13.7. The van der Waals surface area contributed by atoms with Crippen LogP contribution in [0.4, 0.5) is 5.82 Å². The molecule has 4 rings (SSSR count). The van der Waals surface area contributed by atoms with Gasteiger partial charge in [0, 0.05) is 44.0 Å². The molecule has 4 nitrogen and oxygen atoms in total. The Morgan fingerprint density at radius 1 is 0.909 bits per heavy atom. The van der Waals surface area contributed by atoms with Crippen LogP contribution in [0.3, 0.4) is 0 Å². The van der Waals surface area contributed by atoms with Crippen LogP contribution in [0, 0.1) is 0 Å². The van der Waals surface area contributed by atoms with E-state index in [1.54, 1.807) is 6.33 Å². The molecule has 1 saturated heterocycles. The predicted octanol–water partition coefficient (Wildman–Crippen LogP) is 2.29. The van der Waals surface area contributed by atoms with E-state index < -0.39 is 0 Å². The van der Waals surface area contributed by atoms with Gasteiger partial charge < -0.3 is 4.90 Å². The van der Waals surface area contributed by atoms with Crippen molar-refractivity contribution in [3.63, 3.8) is 0 Å². The Balaban J connectivity index is 1.41. The van der Waals surface area contributed by atoms with Gasteiger partial charge in [-0.05, 0) is 24.8 Å². The number of anilines is 1. The molecule has 2 heterocycles. The quantitative estimate of drug-likeness (QED) is 0.869. The highest BCUT2D eigenvalue weighted by Crippen LogP contribution is 2.28. The lowest BCUT2D eigenvalue weighted by Crippen LogP contribution is -2.46. The number of piperazine rings is 1. The number of nitrogens with zero attached hydrogens (tertiary/aromatic N) is 4. The van der Waals surface area contributed by atoms with E-state index in [1.165, 1.54) is 29.1 Å². The number of aryl methyl sites for hydroxylation is 1. The van der Waals surface area contributed by atoms with Crippen LogP contribution in [-0.2, 0) is 19.4 Å². The van der Waals surface area contributed by atoms with E-state index in [-0.39, 0.29) is 0 Å². The molecule has 1 aliphatic heterocycles. The fourth-order valence-electron chi connectivity index (χ4n) is 3.57. The lowest BCUT2D eigenvalue weighted by molar-refractivity contribution is 0.249. The standard InChI is InChI=1S/C18H22N4/c1-2-5-15(6-3-1)13-21-9-11-22(12-10-21)18-16-7-4-8-17(16)19-14-20-18/h1-3,5-6,14H,4,7-13H2. The molecule has 1 fully saturated rings. The van der Waals surface area contributed by atoms with Crippen LogP contribution in [0.15, 0.2) is 36.7 Å². The van der Waals surface area contributed by atoms with Gasteiger partial charge in [-0.3, -0.25) is 4.90 Å². The second-order valence-corrected chi connectivity index (χ2v) is 6.22. The van der Waals surface area contributed by atoms with Crippen molar-refractivity contribution in [2.75, 3.05) is 31.1 Å². The Morgan fingerprint density at radius 3 is 2.55 bits per heavy atom. The summed E-state index contributed by atoms with van der Waals surface area (Å²) in [4.78, 5) is 14.0. The van der Waals surface area contributed by atoms with Gasteiger partial charge in [0.15, 0.2) is 0 Å². The summed E-state index contributed by atoms with van der Waals surface area (Å²) < 4.78 is 0. The normalized spacial score (nSPS) is 18.5. The van der Waals surface area contributed by atoms with Gasteiger partial charge in [-0.1, -0.05) is 30.3 Å². The Bertz CT molecular complexity index is 633. The Morgan fingerprint density at radius 2 is 1.73 bits per heavy atom. The minimum absolute atomic E-state index is 1.05. The Kier molecular flexibility index (Phi) is 3.77. The summed E-state index contributed by atoms with van der Waals surface area (Å²) in [6.45, 7) is 5.39. The SMILES string of the molecule is c1ccc(CN2CCN(c3ncnc4c3CCC4)CC2)cc1. The lowest BCUT2D eigenvalue weighted by Gasteiger charge is -2.36. The van der Waals surface area contributed by atoms with Gasteiger partial charge in [-0.15, -0.1) is 0 Å². The number of hydrogen-bond acceptors (Lipinski definition) is 4. The molecule has 114 valence electrons. The molecule has 2 aliphatic rings. The van der Waals surface area contributed by atoms with E-state index in [1.807, 2.05) is 0 Å². The van der Waals surface area contributed by atoms with Gasteiger partial charge >= 0.3 is 0 Å². The highest BCUT2D eigenvalue weighted by atomic mass is 15.3. The molecule has 0 spiro atoms. The summed E-state index contributed by atoms with van der Waals surface area (Å²) in [6, 6.07) is 10.7. The monoisotopic (exact) mass is 294 g/mol. The zero-order valence-electron chi connectivity index (χ0n) is 12.9. The lowest BCUT2D eigenvalue weighted by atomic mass is 10.2. The van der Waals surface area contributed by atoms with E-state index in [0.29, 0.717) is 0 Å². The van der Waals surface area contributed by atoms with Crippen LogP contribution >= 0.6 is 0 Å². The molecule has 2 aromatic rings. The summed E-state index contributed by atoms with van der Waals surface area (Å²) in [7, 11) is 0. The van der Waals surface area contributed by atoms with Crippen LogP contribution in [0.2, 0.25) is 0 Å². The number of hydrogen-bond donors (Lipinski definition) is 0.